The van der Waals surface area contributed by atoms with Crippen molar-refractivity contribution in [3.63, 3.8) is 0 Å². The predicted molar refractivity (Wildman–Crippen MR) is 134 cm³/mol. The third-order valence-corrected chi connectivity index (χ3v) is 6.09. The first kappa shape index (κ1) is 24.3. The quantitative estimate of drug-likeness (QED) is 0.337. The smallest absolute Gasteiger partial charge is 0.193 e. The van der Waals surface area contributed by atoms with Crippen LogP contribution in [0, 0.1) is 0 Å². The second-order valence-corrected chi connectivity index (χ2v) is 8.52. The topological polar surface area (TPSA) is 42.7 Å². The van der Waals surface area contributed by atoms with E-state index in [0.29, 0.717) is 23.3 Å². The number of hydrogen-bond acceptors (Lipinski definition) is 4. The van der Waals surface area contributed by atoms with Crippen molar-refractivity contribution in [2.45, 2.75) is 51.4 Å². The average Bonchev–Trinajstić information content (AvgIpc) is 3.08. The fraction of sp³-hybridized carbons (Fsp3) is 0.444. The summed E-state index contributed by atoms with van der Waals surface area (Å²) in [6, 6.07) is 16.8. The van der Waals surface area contributed by atoms with E-state index in [1.165, 1.54) is 64.6 Å². The molecule has 0 radical (unpaired) electrons. The standard InChI is InChI=1S/C27H33NO3.ClH/c29-25-21-27(22-12-6-5-7-13-22)31-26-15-14-23(20-24(25)26)30-19-11-4-3-10-18-28-16-8-1-2-9-17-28;/h5-7,12-15,20-21H,1-4,8-11,16-19H2;1H. The van der Waals surface area contributed by atoms with E-state index >= 15 is 0 Å². The van der Waals surface area contributed by atoms with Crippen molar-refractivity contribution in [3.8, 4) is 17.1 Å². The molecule has 1 aromatic heterocycles. The van der Waals surface area contributed by atoms with Crippen LogP contribution in [0.1, 0.15) is 51.4 Å². The lowest BCUT2D eigenvalue weighted by atomic mass is 10.1. The molecule has 0 N–H and O–H groups in total. The number of fused-ring (bicyclic) bond motifs is 1. The minimum atomic E-state index is -0.0425. The van der Waals surface area contributed by atoms with Crippen LogP contribution in [0.25, 0.3) is 22.3 Å². The molecule has 172 valence electrons. The Bertz CT molecular complexity index is 1010. The third kappa shape index (κ3) is 6.85. The summed E-state index contributed by atoms with van der Waals surface area (Å²) in [6.45, 7) is 4.49. The van der Waals surface area contributed by atoms with Gasteiger partial charge in [-0.2, -0.15) is 0 Å². The Morgan fingerprint density at radius 2 is 1.59 bits per heavy atom. The van der Waals surface area contributed by atoms with Crippen molar-refractivity contribution >= 4 is 23.4 Å². The van der Waals surface area contributed by atoms with Crippen molar-refractivity contribution in [3.05, 3.63) is 64.8 Å². The molecule has 0 spiro atoms. The van der Waals surface area contributed by atoms with Crippen LogP contribution in [-0.4, -0.2) is 31.1 Å². The molecule has 0 unspecified atom stereocenters. The Balaban J connectivity index is 0.00000289. The highest BCUT2D eigenvalue weighted by Gasteiger charge is 2.09. The second-order valence-electron chi connectivity index (χ2n) is 8.52. The van der Waals surface area contributed by atoms with Gasteiger partial charge >= 0.3 is 0 Å². The van der Waals surface area contributed by atoms with Gasteiger partial charge in [0.25, 0.3) is 0 Å². The first-order valence-electron chi connectivity index (χ1n) is 11.8. The zero-order chi connectivity index (χ0) is 21.3. The number of ether oxygens (including phenoxy) is 1. The van der Waals surface area contributed by atoms with Crippen molar-refractivity contribution in [1.29, 1.82) is 0 Å². The molecular formula is C27H34ClNO3. The molecule has 4 nitrogen and oxygen atoms in total. The van der Waals surface area contributed by atoms with Gasteiger partial charge < -0.3 is 14.1 Å². The van der Waals surface area contributed by atoms with Crippen LogP contribution in [0.4, 0.5) is 0 Å². The van der Waals surface area contributed by atoms with Gasteiger partial charge in [0, 0.05) is 11.6 Å². The Hall–Kier alpha value is -2.30. The van der Waals surface area contributed by atoms with Gasteiger partial charge in [-0.1, -0.05) is 56.0 Å². The van der Waals surface area contributed by atoms with Crippen LogP contribution in [0.15, 0.2) is 63.8 Å². The van der Waals surface area contributed by atoms with E-state index in [-0.39, 0.29) is 17.8 Å². The summed E-state index contributed by atoms with van der Waals surface area (Å²) >= 11 is 0. The fourth-order valence-electron chi connectivity index (χ4n) is 4.31. The summed E-state index contributed by atoms with van der Waals surface area (Å²) in [6.07, 6.45) is 10.3. The van der Waals surface area contributed by atoms with Gasteiger partial charge in [-0.05, 0) is 63.5 Å². The number of benzene rings is 2. The molecular weight excluding hydrogens is 422 g/mol. The summed E-state index contributed by atoms with van der Waals surface area (Å²) in [5.74, 6) is 1.32. The maximum atomic E-state index is 12.6. The monoisotopic (exact) mass is 455 g/mol. The van der Waals surface area contributed by atoms with Crippen LogP contribution in [0.3, 0.4) is 0 Å². The minimum Gasteiger partial charge on any atom is -0.494 e. The molecule has 1 aliphatic heterocycles. The minimum absolute atomic E-state index is 0. The maximum absolute atomic E-state index is 12.6. The van der Waals surface area contributed by atoms with E-state index < -0.39 is 0 Å². The number of halogens is 1. The molecule has 1 aliphatic rings. The van der Waals surface area contributed by atoms with Crippen LogP contribution in [0.2, 0.25) is 0 Å². The SMILES string of the molecule is Cl.O=c1cc(-c2ccccc2)oc2ccc(OCCCCCCN3CCCCCC3)cc12. The zero-order valence-electron chi connectivity index (χ0n) is 18.8. The number of likely N-dealkylation sites (tertiary alicyclic amines) is 1. The molecule has 32 heavy (non-hydrogen) atoms. The average molecular weight is 456 g/mol. The van der Waals surface area contributed by atoms with Gasteiger partial charge in [0.1, 0.15) is 17.1 Å². The number of unbranched alkanes of at least 4 members (excludes halogenated alkanes) is 3. The molecule has 0 atom stereocenters. The van der Waals surface area contributed by atoms with Gasteiger partial charge in [0.2, 0.25) is 0 Å². The second kappa shape index (κ2) is 12.7. The van der Waals surface area contributed by atoms with Gasteiger partial charge in [-0.15, -0.1) is 12.4 Å². The first-order valence-corrected chi connectivity index (χ1v) is 11.8. The lowest BCUT2D eigenvalue weighted by Crippen LogP contribution is -2.25. The van der Waals surface area contributed by atoms with E-state index in [2.05, 4.69) is 4.90 Å². The molecule has 0 aliphatic carbocycles. The third-order valence-electron chi connectivity index (χ3n) is 6.09. The number of rotatable bonds is 9. The Morgan fingerprint density at radius 3 is 2.38 bits per heavy atom. The Labute approximate surface area is 197 Å². The van der Waals surface area contributed by atoms with E-state index in [4.69, 9.17) is 9.15 Å². The van der Waals surface area contributed by atoms with Crippen molar-refractivity contribution in [2.24, 2.45) is 0 Å². The first-order chi connectivity index (χ1) is 15.3. The van der Waals surface area contributed by atoms with Crippen molar-refractivity contribution in [2.75, 3.05) is 26.2 Å². The molecule has 0 saturated carbocycles. The molecule has 5 heteroatoms. The summed E-state index contributed by atoms with van der Waals surface area (Å²) in [7, 11) is 0. The van der Waals surface area contributed by atoms with E-state index in [0.717, 1.165) is 17.7 Å². The number of nitrogens with zero attached hydrogens (tertiary/aromatic N) is 1. The molecule has 2 heterocycles. The van der Waals surface area contributed by atoms with Crippen molar-refractivity contribution < 1.29 is 9.15 Å². The predicted octanol–water partition coefficient (Wildman–Crippen LogP) is 6.70. The zero-order valence-corrected chi connectivity index (χ0v) is 19.6. The molecule has 0 bridgehead atoms. The van der Waals surface area contributed by atoms with Crippen molar-refractivity contribution in [1.82, 2.24) is 4.90 Å². The highest BCUT2D eigenvalue weighted by atomic mass is 35.5. The Morgan fingerprint density at radius 1 is 0.844 bits per heavy atom. The van der Waals surface area contributed by atoms with E-state index in [1.54, 1.807) is 12.1 Å². The van der Waals surface area contributed by atoms with Crippen LogP contribution in [-0.2, 0) is 0 Å². The highest BCUT2D eigenvalue weighted by Crippen LogP contribution is 2.24. The van der Waals surface area contributed by atoms with Crippen LogP contribution in [0.5, 0.6) is 5.75 Å². The Kier molecular flexibility index (Phi) is 9.63. The van der Waals surface area contributed by atoms with Crippen LogP contribution >= 0.6 is 12.4 Å². The summed E-state index contributed by atoms with van der Waals surface area (Å²) in [4.78, 5) is 15.2. The van der Waals surface area contributed by atoms with E-state index in [1.807, 2.05) is 42.5 Å². The molecule has 1 saturated heterocycles. The highest BCUT2D eigenvalue weighted by molar-refractivity contribution is 5.85. The van der Waals surface area contributed by atoms with Gasteiger partial charge in [0.15, 0.2) is 5.43 Å². The lowest BCUT2D eigenvalue weighted by Gasteiger charge is -2.19. The molecule has 3 aromatic rings. The molecule has 4 rings (SSSR count). The van der Waals surface area contributed by atoms with Gasteiger partial charge in [0.05, 0.1) is 12.0 Å². The summed E-state index contributed by atoms with van der Waals surface area (Å²) in [5.41, 5.74) is 1.45. The summed E-state index contributed by atoms with van der Waals surface area (Å²) < 4.78 is 11.9. The fourth-order valence-corrected chi connectivity index (χ4v) is 4.31. The summed E-state index contributed by atoms with van der Waals surface area (Å²) in [5, 5.41) is 0.564. The van der Waals surface area contributed by atoms with Crippen LogP contribution < -0.4 is 10.2 Å². The maximum Gasteiger partial charge on any atom is 0.193 e. The normalized spacial score (nSPS) is 14.6. The lowest BCUT2D eigenvalue weighted by molar-refractivity contribution is 0.272. The number of hydrogen-bond donors (Lipinski definition) is 0. The molecule has 1 fully saturated rings. The molecule has 0 amide bonds. The van der Waals surface area contributed by atoms with E-state index in [9.17, 15) is 4.79 Å². The largest absolute Gasteiger partial charge is 0.494 e. The van der Waals surface area contributed by atoms with Gasteiger partial charge in [-0.25, -0.2) is 0 Å². The van der Waals surface area contributed by atoms with Gasteiger partial charge in [-0.3, -0.25) is 4.79 Å². The molecule has 2 aromatic carbocycles.